The van der Waals surface area contributed by atoms with Gasteiger partial charge in [-0.05, 0) is 26.0 Å². The number of hydrogen-bond acceptors (Lipinski definition) is 4. The molecule has 1 heterocycles. The highest BCUT2D eigenvalue weighted by atomic mass is 16.5. The van der Waals surface area contributed by atoms with Crippen molar-refractivity contribution in [2.45, 2.75) is 19.4 Å². The Kier molecular flexibility index (Phi) is 3.80. The summed E-state index contributed by atoms with van der Waals surface area (Å²) in [6.45, 7) is 4.53. The largest absolute Gasteiger partial charge is 0.497 e. The third kappa shape index (κ3) is 2.66. The molecule has 0 saturated carbocycles. The van der Waals surface area contributed by atoms with Gasteiger partial charge in [0.1, 0.15) is 11.3 Å². The monoisotopic (exact) mass is 291 g/mol. The zero-order valence-electron chi connectivity index (χ0n) is 12.8. The zero-order chi connectivity index (χ0) is 15.8. The van der Waals surface area contributed by atoms with E-state index in [0.717, 1.165) is 0 Å². The second kappa shape index (κ2) is 5.27. The molecule has 0 aliphatic carbocycles. The molecule has 0 bridgehead atoms. The van der Waals surface area contributed by atoms with E-state index in [-0.39, 0.29) is 11.8 Å². The van der Waals surface area contributed by atoms with Gasteiger partial charge in [-0.3, -0.25) is 9.59 Å². The number of likely N-dealkylation sites (N-methyl/N-ethyl adjacent to an activating group) is 1. The number of benzene rings is 1. The minimum atomic E-state index is -0.873. The fourth-order valence-electron chi connectivity index (χ4n) is 2.59. The van der Waals surface area contributed by atoms with Crippen LogP contribution in [0.25, 0.3) is 0 Å². The van der Waals surface area contributed by atoms with Crippen LogP contribution < -0.4 is 10.5 Å². The molecule has 1 aromatic rings. The molecule has 2 N–H and O–H groups in total. The van der Waals surface area contributed by atoms with E-state index in [1.165, 1.54) is 7.11 Å². The average Bonchev–Trinajstić information content (AvgIpc) is 2.43. The van der Waals surface area contributed by atoms with Crippen molar-refractivity contribution in [1.82, 2.24) is 9.80 Å². The summed E-state index contributed by atoms with van der Waals surface area (Å²) < 4.78 is 5.14. The van der Waals surface area contributed by atoms with Crippen LogP contribution in [-0.2, 0) is 4.79 Å². The first kappa shape index (κ1) is 15.2. The van der Waals surface area contributed by atoms with Crippen molar-refractivity contribution in [3.8, 4) is 5.75 Å². The SMILES string of the molecule is COc1cc(N)cc(C(=O)N2CCN(C)C(=O)C2(C)C)c1. The number of anilines is 1. The van der Waals surface area contributed by atoms with Crippen molar-refractivity contribution < 1.29 is 14.3 Å². The Bertz CT molecular complexity index is 584. The van der Waals surface area contributed by atoms with E-state index in [2.05, 4.69) is 0 Å². The molecule has 1 saturated heterocycles. The molecule has 1 aliphatic rings. The highest BCUT2D eigenvalue weighted by molar-refractivity contribution is 6.00. The van der Waals surface area contributed by atoms with Crippen molar-refractivity contribution >= 4 is 17.5 Å². The minimum absolute atomic E-state index is 0.0713. The molecule has 2 amide bonds. The third-order valence-electron chi connectivity index (χ3n) is 3.86. The maximum absolute atomic E-state index is 12.7. The van der Waals surface area contributed by atoms with E-state index in [4.69, 9.17) is 10.5 Å². The highest BCUT2D eigenvalue weighted by Crippen LogP contribution is 2.26. The first-order valence-corrected chi connectivity index (χ1v) is 6.79. The molecule has 2 rings (SSSR count). The number of carbonyl (C=O) groups excluding carboxylic acids is 2. The fraction of sp³-hybridized carbons (Fsp3) is 0.467. The maximum atomic E-state index is 12.7. The predicted octanol–water partition coefficient (Wildman–Crippen LogP) is 0.970. The third-order valence-corrected chi connectivity index (χ3v) is 3.86. The van der Waals surface area contributed by atoms with Crippen LogP contribution in [0.15, 0.2) is 18.2 Å². The molecule has 6 heteroatoms. The summed E-state index contributed by atoms with van der Waals surface area (Å²) in [5, 5.41) is 0. The lowest BCUT2D eigenvalue weighted by molar-refractivity contribution is -0.144. The van der Waals surface area contributed by atoms with Gasteiger partial charge in [0, 0.05) is 37.5 Å². The summed E-state index contributed by atoms with van der Waals surface area (Å²) in [5.74, 6) is 0.238. The average molecular weight is 291 g/mol. The Labute approximate surface area is 124 Å². The summed E-state index contributed by atoms with van der Waals surface area (Å²) in [6.07, 6.45) is 0. The Morgan fingerprint density at radius 2 is 1.95 bits per heavy atom. The topological polar surface area (TPSA) is 75.9 Å². The fourth-order valence-corrected chi connectivity index (χ4v) is 2.59. The number of amides is 2. The summed E-state index contributed by atoms with van der Waals surface area (Å²) in [4.78, 5) is 28.2. The first-order chi connectivity index (χ1) is 9.77. The van der Waals surface area contributed by atoms with Crippen LogP contribution in [0.4, 0.5) is 5.69 Å². The lowest BCUT2D eigenvalue weighted by Crippen LogP contribution is -2.63. The Morgan fingerprint density at radius 1 is 1.29 bits per heavy atom. The van der Waals surface area contributed by atoms with E-state index in [1.807, 2.05) is 0 Å². The van der Waals surface area contributed by atoms with Gasteiger partial charge in [-0.2, -0.15) is 0 Å². The molecule has 0 atom stereocenters. The predicted molar refractivity (Wildman–Crippen MR) is 80.2 cm³/mol. The van der Waals surface area contributed by atoms with Crippen LogP contribution in [0.3, 0.4) is 0 Å². The number of nitrogens with two attached hydrogens (primary N) is 1. The van der Waals surface area contributed by atoms with Crippen molar-refractivity contribution in [1.29, 1.82) is 0 Å². The molecule has 1 aromatic carbocycles. The van der Waals surface area contributed by atoms with E-state index in [1.54, 1.807) is 48.9 Å². The molecular formula is C15H21N3O3. The maximum Gasteiger partial charge on any atom is 0.255 e. The van der Waals surface area contributed by atoms with Crippen LogP contribution in [0.1, 0.15) is 24.2 Å². The van der Waals surface area contributed by atoms with Crippen molar-refractivity contribution in [2.24, 2.45) is 0 Å². The van der Waals surface area contributed by atoms with Crippen molar-refractivity contribution in [2.75, 3.05) is 33.0 Å². The quantitative estimate of drug-likeness (QED) is 0.824. The highest BCUT2D eigenvalue weighted by Gasteiger charge is 2.43. The molecule has 1 fully saturated rings. The molecule has 6 nitrogen and oxygen atoms in total. The molecule has 0 radical (unpaired) electrons. The summed E-state index contributed by atoms with van der Waals surface area (Å²) in [5.41, 5.74) is 5.80. The van der Waals surface area contributed by atoms with E-state index in [9.17, 15) is 9.59 Å². The number of carbonyl (C=O) groups is 2. The van der Waals surface area contributed by atoms with Gasteiger partial charge in [-0.1, -0.05) is 0 Å². The van der Waals surface area contributed by atoms with Gasteiger partial charge in [-0.25, -0.2) is 0 Å². The number of rotatable bonds is 2. The van der Waals surface area contributed by atoms with Gasteiger partial charge >= 0.3 is 0 Å². The molecule has 0 spiro atoms. The molecular weight excluding hydrogens is 270 g/mol. The van der Waals surface area contributed by atoms with Gasteiger partial charge < -0.3 is 20.3 Å². The summed E-state index contributed by atoms with van der Waals surface area (Å²) >= 11 is 0. The smallest absolute Gasteiger partial charge is 0.255 e. The normalized spacial score (nSPS) is 17.8. The number of piperazine rings is 1. The van der Waals surface area contributed by atoms with Crippen molar-refractivity contribution in [3.63, 3.8) is 0 Å². The first-order valence-electron chi connectivity index (χ1n) is 6.79. The van der Waals surface area contributed by atoms with Crippen LogP contribution in [0.2, 0.25) is 0 Å². The van der Waals surface area contributed by atoms with Crippen LogP contribution in [0, 0.1) is 0 Å². The lowest BCUT2D eigenvalue weighted by Gasteiger charge is -2.44. The van der Waals surface area contributed by atoms with E-state index >= 15 is 0 Å². The molecule has 0 aromatic heterocycles. The lowest BCUT2D eigenvalue weighted by atomic mass is 9.96. The molecule has 1 aliphatic heterocycles. The van der Waals surface area contributed by atoms with Gasteiger partial charge in [0.05, 0.1) is 7.11 Å². The second-order valence-corrected chi connectivity index (χ2v) is 5.74. The molecule has 21 heavy (non-hydrogen) atoms. The van der Waals surface area contributed by atoms with E-state index < -0.39 is 5.54 Å². The zero-order valence-corrected chi connectivity index (χ0v) is 12.8. The van der Waals surface area contributed by atoms with Gasteiger partial charge in [0.15, 0.2) is 0 Å². The molecule has 114 valence electrons. The summed E-state index contributed by atoms with van der Waals surface area (Å²) in [7, 11) is 3.27. The van der Waals surface area contributed by atoms with Crippen LogP contribution in [0.5, 0.6) is 5.75 Å². The number of hydrogen-bond donors (Lipinski definition) is 1. The van der Waals surface area contributed by atoms with Crippen LogP contribution >= 0.6 is 0 Å². The number of methoxy groups -OCH3 is 1. The van der Waals surface area contributed by atoms with Crippen LogP contribution in [-0.4, -0.2) is 54.4 Å². The molecule has 0 unspecified atom stereocenters. The van der Waals surface area contributed by atoms with Gasteiger partial charge in [0.25, 0.3) is 5.91 Å². The van der Waals surface area contributed by atoms with Gasteiger partial charge in [-0.15, -0.1) is 0 Å². The Balaban J connectivity index is 2.35. The van der Waals surface area contributed by atoms with E-state index in [0.29, 0.717) is 30.1 Å². The minimum Gasteiger partial charge on any atom is -0.497 e. The number of ether oxygens (including phenoxy) is 1. The van der Waals surface area contributed by atoms with Crippen molar-refractivity contribution in [3.05, 3.63) is 23.8 Å². The second-order valence-electron chi connectivity index (χ2n) is 5.74. The summed E-state index contributed by atoms with van der Waals surface area (Å²) in [6, 6.07) is 4.89. The Hall–Kier alpha value is -2.24. The number of nitrogens with zero attached hydrogens (tertiary/aromatic N) is 2. The Morgan fingerprint density at radius 3 is 2.57 bits per heavy atom. The van der Waals surface area contributed by atoms with Gasteiger partial charge in [0.2, 0.25) is 5.91 Å². The standard InChI is InChI=1S/C15H21N3O3/c1-15(2)14(20)17(3)5-6-18(15)13(19)10-7-11(16)9-12(8-10)21-4/h7-9H,5-6,16H2,1-4H3. The number of nitrogen functional groups attached to an aromatic ring is 1.